The molecule has 0 spiro atoms. The highest BCUT2D eigenvalue weighted by molar-refractivity contribution is 7.71. The van der Waals surface area contributed by atoms with Crippen LogP contribution in [-0.4, -0.2) is 44.3 Å². The number of hydrogen-bond donors (Lipinski definition) is 3. The zero-order valence-corrected chi connectivity index (χ0v) is 19.0. The predicted octanol–water partition coefficient (Wildman–Crippen LogP) is 4.48. The van der Waals surface area contributed by atoms with Crippen LogP contribution in [0, 0.1) is 10.7 Å². The van der Waals surface area contributed by atoms with Gasteiger partial charge in [0.15, 0.2) is 4.77 Å². The Labute approximate surface area is 192 Å². The number of rotatable bonds is 6. The van der Waals surface area contributed by atoms with Crippen LogP contribution in [0.5, 0.6) is 0 Å². The molecule has 5 rings (SSSR count). The number of piperidine rings is 1. The second-order valence-corrected chi connectivity index (χ2v) is 8.77. The lowest BCUT2D eigenvalue weighted by molar-refractivity contribution is 0.203. The number of anilines is 2. The van der Waals surface area contributed by atoms with Crippen molar-refractivity contribution in [2.24, 2.45) is 5.92 Å². The van der Waals surface area contributed by atoms with Crippen molar-refractivity contribution in [2.75, 3.05) is 29.9 Å². The van der Waals surface area contributed by atoms with Gasteiger partial charge in [0.25, 0.3) is 0 Å². The van der Waals surface area contributed by atoms with E-state index in [4.69, 9.17) is 12.2 Å². The Morgan fingerprint density at radius 3 is 2.78 bits per heavy atom. The van der Waals surface area contributed by atoms with Gasteiger partial charge in [0.05, 0.1) is 16.6 Å². The number of nitrogens with zero attached hydrogens (tertiary/aromatic N) is 4. The lowest BCUT2D eigenvalue weighted by atomic mass is 9.97. The molecule has 2 aromatic carbocycles. The van der Waals surface area contributed by atoms with Gasteiger partial charge >= 0.3 is 0 Å². The summed E-state index contributed by atoms with van der Waals surface area (Å²) in [7, 11) is 0. The maximum Gasteiger partial charge on any atom is 0.178 e. The molecular formula is C24H28N6OS. The first-order chi connectivity index (χ1) is 15.7. The van der Waals surface area contributed by atoms with Crippen LogP contribution in [0.4, 0.5) is 11.5 Å². The molecular weight excluding hydrogens is 420 g/mol. The number of aromatic nitrogens is 4. The molecule has 0 atom stereocenters. The number of aryl methyl sites for hydroxylation is 1. The lowest BCUT2D eigenvalue weighted by Crippen LogP contribution is -2.35. The number of hydrogen-bond acceptors (Lipinski definition) is 6. The van der Waals surface area contributed by atoms with E-state index in [2.05, 4.69) is 73.1 Å². The van der Waals surface area contributed by atoms with E-state index in [1.54, 1.807) is 6.33 Å². The minimum atomic E-state index is 0.289. The van der Waals surface area contributed by atoms with E-state index < -0.39 is 0 Å². The molecule has 8 heteroatoms. The number of aliphatic hydroxyl groups is 1. The number of imidazole rings is 1. The molecule has 1 aliphatic heterocycles. The smallest absolute Gasteiger partial charge is 0.178 e. The van der Waals surface area contributed by atoms with Crippen molar-refractivity contribution in [3.05, 3.63) is 53.1 Å². The Hall–Kier alpha value is -2.97. The van der Waals surface area contributed by atoms with Crippen LogP contribution in [0.25, 0.3) is 21.9 Å². The van der Waals surface area contributed by atoms with Gasteiger partial charge in [-0.15, -0.1) is 0 Å². The van der Waals surface area contributed by atoms with Crippen molar-refractivity contribution >= 4 is 45.7 Å². The number of aromatic amines is 1. The fourth-order valence-electron chi connectivity index (χ4n) is 4.67. The highest BCUT2D eigenvalue weighted by Gasteiger charge is 2.20. The lowest BCUT2D eigenvalue weighted by Gasteiger charge is -2.34. The summed E-state index contributed by atoms with van der Waals surface area (Å²) in [6.45, 7) is 5.81. The van der Waals surface area contributed by atoms with Crippen molar-refractivity contribution in [3.8, 4) is 0 Å². The first-order valence-electron chi connectivity index (χ1n) is 11.2. The number of benzene rings is 2. The maximum atomic E-state index is 9.45. The topological polar surface area (TPSA) is 82.0 Å². The van der Waals surface area contributed by atoms with Gasteiger partial charge in [0, 0.05) is 43.9 Å². The number of aliphatic hydroxyl groups excluding tert-OH is 1. The van der Waals surface area contributed by atoms with E-state index in [9.17, 15) is 5.11 Å². The third-order valence-electron chi connectivity index (χ3n) is 6.50. The quantitative estimate of drug-likeness (QED) is 0.377. The van der Waals surface area contributed by atoms with Gasteiger partial charge in [-0.05, 0) is 61.7 Å². The Kier molecular flexibility index (Phi) is 5.80. The summed E-state index contributed by atoms with van der Waals surface area (Å²) in [4.78, 5) is 14.8. The maximum absolute atomic E-state index is 9.45. The molecule has 7 nitrogen and oxygen atoms in total. The zero-order chi connectivity index (χ0) is 22.1. The second kappa shape index (κ2) is 8.88. The van der Waals surface area contributed by atoms with Crippen LogP contribution >= 0.6 is 12.2 Å². The van der Waals surface area contributed by atoms with Crippen LogP contribution in [0.3, 0.4) is 0 Å². The van der Waals surface area contributed by atoms with Gasteiger partial charge in [0.1, 0.15) is 12.1 Å². The molecule has 3 heterocycles. The van der Waals surface area contributed by atoms with Crippen LogP contribution in [0.1, 0.15) is 25.3 Å². The second-order valence-electron chi connectivity index (χ2n) is 8.38. The minimum Gasteiger partial charge on any atom is -0.396 e. The molecule has 1 fully saturated rings. The molecule has 1 aliphatic rings. The Morgan fingerprint density at radius 2 is 2.00 bits per heavy atom. The predicted molar refractivity (Wildman–Crippen MR) is 132 cm³/mol. The third-order valence-corrected chi connectivity index (χ3v) is 6.82. The monoisotopic (exact) mass is 448 g/mol. The van der Waals surface area contributed by atoms with Crippen LogP contribution < -0.4 is 10.2 Å². The van der Waals surface area contributed by atoms with E-state index >= 15 is 0 Å². The van der Waals surface area contributed by atoms with E-state index in [1.165, 1.54) is 11.3 Å². The van der Waals surface area contributed by atoms with Gasteiger partial charge in [-0.1, -0.05) is 18.2 Å². The van der Waals surface area contributed by atoms with Crippen molar-refractivity contribution in [3.63, 3.8) is 0 Å². The molecule has 32 heavy (non-hydrogen) atoms. The van der Waals surface area contributed by atoms with Crippen molar-refractivity contribution in [1.29, 1.82) is 0 Å². The highest BCUT2D eigenvalue weighted by Crippen LogP contribution is 2.29. The van der Waals surface area contributed by atoms with Gasteiger partial charge in [-0.3, -0.25) is 0 Å². The van der Waals surface area contributed by atoms with Crippen molar-refractivity contribution < 1.29 is 5.11 Å². The average molecular weight is 449 g/mol. The normalized spacial score (nSPS) is 15.0. The van der Waals surface area contributed by atoms with Crippen molar-refractivity contribution in [2.45, 2.75) is 32.9 Å². The van der Waals surface area contributed by atoms with Crippen LogP contribution in [0.15, 0.2) is 42.7 Å². The largest absolute Gasteiger partial charge is 0.396 e. The standard InChI is InChI=1S/C24H28N6OS/c1-2-30-22-12-19-18(11-20(22)28-24(30)32)23(27-15-26-19)25-13-17-5-3-4-6-21(17)29-9-7-16(14-31)8-10-29/h3-6,11-12,15-16,31H,2,7-10,13-14H2,1H3,(H,28,32)(H,25,26,27). The summed E-state index contributed by atoms with van der Waals surface area (Å²) in [6, 6.07) is 12.7. The molecule has 166 valence electrons. The first kappa shape index (κ1) is 20.9. The van der Waals surface area contributed by atoms with Gasteiger partial charge in [-0.2, -0.15) is 0 Å². The van der Waals surface area contributed by atoms with E-state index in [1.807, 2.05) is 0 Å². The highest BCUT2D eigenvalue weighted by atomic mass is 32.1. The zero-order valence-electron chi connectivity index (χ0n) is 18.2. The molecule has 0 radical (unpaired) electrons. The molecule has 0 bridgehead atoms. The minimum absolute atomic E-state index is 0.289. The molecule has 0 unspecified atom stereocenters. The van der Waals surface area contributed by atoms with Gasteiger partial charge < -0.3 is 24.9 Å². The summed E-state index contributed by atoms with van der Waals surface area (Å²) in [5, 5.41) is 14.0. The number of H-pyrrole nitrogens is 1. The van der Waals surface area contributed by atoms with Gasteiger partial charge in [-0.25, -0.2) is 9.97 Å². The first-order valence-corrected chi connectivity index (χ1v) is 11.6. The summed E-state index contributed by atoms with van der Waals surface area (Å²) >= 11 is 5.47. The fraction of sp³-hybridized carbons (Fsp3) is 0.375. The molecule has 0 aliphatic carbocycles. The summed E-state index contributed by atoms with van der Waals surface area (Å²) in [5.41, 5.74) is 5.44. The number of para-hydroxylation sites is 1. The molecule has 0 saturated carbocycles. The van der Waals surface area contributed by atoms with E-state index in [0.717, 1.165) is 65.0 Å². The molecule has 0 amide bonds. The van der Waals surface area contributed by atoms with Crippen molar-refractivity contribution in [1.82, 2.24) is 19.5 Å². The van der Waals surface area contributed by atoms with Crippen LogP contribution in [-0.2, 0) is 13.1 Å². The summed E-state index contributed by atoms with van der Waals surface area (Å²) in [6.07, 6.45) is 3.67. The number of nitrogens with one attached hydrogen (secondary N) is 2. The Bertz CT molecular complexity index is 1310. The SMILES string of the molecule is CCn1c(=S)[nH]c2cc3c(NCc4ccccc4N4CCC(CO)CC4)ncnc3cc21. The van der Waals surface area contributed by atoms with Crippen LogP contribution in [0.2, 0.25) is 0 Å². The summed E-state index contributed by atoms with van der Waals surface area (Å²) in [5.74, 6) is 1.24. The summed E-state index contributed by atoms with van der Waals surface area (Å²) < 4.78 is 2.80. The van der Waals surface area contributed by atoms with E-state index in [0.29, 0.717) is 12.5 Å². The molecule has 2 aromatic heterocycles. The molecule has 1 saturated heterocycles. The average Bonchev–Trinajstić information content (AvgIpc) is 3.15. The Morgan fingerprint density at radius 1 is 1.19 bits per heavy atom. The third kappa shape index (κ3) is 3.84. The van der Waals surface area contributed by atoms with Gasteiger partial charge in [0.2, 0.25) is 0 Å². The van der Waals surface area contributed by atoms with E-state index in [-0.39, 0.29) is 6.61 Å². The fourth-order valence-corrected chi connectivity index (χ4v) is 5.00. The molecule has 3 N–H and O–H groups in total. The number of fused-ring (bicyclic) bond motifs is 2. The molecule has 4 aromatic rings. The Balaban J connectivity index is 1.43.